The maximum absolute atomic E-state index is 6.04. The maximum Gasteiger partial charge on any atom is 0.122 e. The zero-order valence-electron chi connectivity index (χ0n) is 9.24. The molecule has 1 aliphatic rings. The molecule has 81 valence electrons. The first-order valence-corrected chi connectivity index (χ1v) is 5.94. The molecule has 1 aliphatic carbocycles. The zero-order valence-corrected chi connectivity index (χ0v) is 9.24. The highest BCUT2D eigenvalue weighted by Crippen LogP contribution is 2.25. The largest absolute Gasteiger partial charge is 0.490 e. The Hall–Kier alpha value is -0.980. The van der Waals surface area contributed by atoms with Crippen LogP contribution in [0.15, 0.2) is 24.3 Å². The van der Waals surface area contributed by atoms with Gasteiger partial charge in [0.1, 0.15) is 5.75 Å². The summed E-state index contributed by atoms with van der Waals surface area (Å²) in [7, 11) is 0. The quantitative estimate of drug-likeness (QED) is 0.726. The summed E-state index contributed by atoms with van der Waals surface area (Å²) in [6.45, 7) is 3.93. The van der Waals surface area contributed by atoms with Crippen molar-refractivity contribution in [3.8, 4) is 5.75 Å². The number of ether oxygens (including phenoxy) is 1. The van der Waals surface area contributed by atoms with Crippen LogP contribution < -0.4 is 4.74 Å². The molecule has 2 rings (SSSR count). The molecule has 1 aromatic rings. The lowest BCUT2D eigenvalue weighted by Crippen LogP contribution is -2.20. The van der Waals surface area contributed by atoms with Gasteiger partial charge in [0.2, 0.25) is 0 Å². The van der Waals surface area contributed by atoms with Crippen molar-refractivity contribution in [1.29, 1.82) is 0 Å². The topological polar surface area (TPSA) is 9.23 Å². The van der Waals surface area contributed by atoms with Gasteiger partial charge >= 0.3 is 0 Å². The van der Waals surface area contributed by atoms with Crippen LogP contribution in [0.4, 0.5) is 0 Å². The highest BCUT2D eigenvalue weighted by Gasteiger charge is 2.15. The summed E-state index contributed by atoms with van der Waals surface area (Å²) in [5, 5.41) is 0. The predicted molar refractivity (Wildman–Crippen MR) is 63.0 cm³/mol. The Morgan fingerprint density at radius 3 is 2.60 bits per heavy atom. The van der Waals surface area contributed by atoms with Crippen molar-refractivity contribution in [1.82, 2.24) is 0 Å². The van der Waals surface area contributed by atoms with Gasteiger partial charge in [0, 0.05) is 0 Å². The van der Waals surface area contributed by atoms with E-state index in [1.807, 2.05) is 12.1 Å². The lowest BCUT2D eigenvalue weighted by Gasteiger charge is -2.24. The first-order valence-electron chi connectivity index (χ1n) is 5.94. The Bertz CT molecular complexity index is 300. The van der Waals surface area contributed by atoms with Crippen molar-refractivity contribution in [3.05, 3.63) is 36.8 Å². The van der Waals surface area contributed by atoms with Crippen LogP contribution in [0.3, 0.4) is 0 Å². The molecule has 0 aromatic heterocycles. The van der Waals surface area contributed by atoms with Gasteiger partial charge in [0.15, 0.2) is 0 Å². The normalized spacial score (nSPS) is 17.7. The summed E-state index contributed by atoms with van der Waals surface area (Å²) in [5.74, 6) is 1.04. The molecule has 0 atom stereocenters. The summed E-state index contributed by atoms with van der Waals surface area (Å²) in [4.78, 5) is 0. The van der Waals surface area contributed by atoms with E-state index >= 15 is 0 Å². The van der Waals surface area contributed by atoms with Gasteiger partial charge in [0.25, 0.3) is 0 Å². The van der Waals surface area contributed by atoms with Crippen molar-refractivity contribution in [2.75, 3.05) is 0 Å². The Balaban J connectivity index is 2.02. The molecule has 15 heavy (non-hydrogen) atoms. The van der Waals surface area contributed by atoms with Crippen LogP contribution in [0.1, 0.15) is 37.7 Å². The molecule has 0 heterocycles. The van der Waals surface area contributed by atoms with Crippen LogP contribution >= 0.6 is 0 Å². The summed E-state index contributed by atoms with van der Waals surface area (Å²) in [6.07, 6.45) is 7.68. The van der Waals surface area contributed by atoms with Crippen LogP contribution in [0.2, 0.25) is 0 Å². The number of benzene rings is 1. The highest BCUT2D eigenvalue weighted by molar-refractivity contribution is 5.33. The Labute approximate surface area is 92.5 Å². The maximum atomic E-state index is 6.04. The molecule has 1 radical (unpaired) electrons. The van der Waals surface area contributed by atoms with E-state index in [2.05, 4.69) is 19.1 Å². The monoisotopic (exact) mass is 203 g/mol. The Morgan fingerprint density at radius 2 is 1.87 bits per heavy atom. The molecule has 1 fully saturated rings. The van der Waals surface area contributed by atoms with Crippen molar-refractivity contribution in [2.45, 2.75) is 44.6 Å². The second-order valence-corrected chi connectivity index (χ2v) is 4.24. The molecule has 0 unspecified atom stereocenters. The van der Waals surface area contributed by atoms with Gasteiger partial charge in [-0.1, -0.05) is 24.6 Å². The average Bonchev–Trinajstić information content (AvgIpc) is 2.31. The molecule has 0 N–H and O–H groups in total. The average molecular weight is 203 g/mol. The number of para-hydroxylation sites is 1. The van der Waals surface area contributed by atoms with E-state index in [9.17, 15) is 0 Å². The summed E-state index contributed by atoms with van der Waals surface area (Å²) in [5.41, 5.74) is 1.23. The summed E-state index contributed by atoms with van der Waals surface area (Å²) in [6, 6.07) is 8.26. The van der Waals surface area contributed by atoms with Gasteiger partial charge in [-0.3, -0.25) is 0 Å². The summed E-state index contributed by atoms with van der Waals surface area (Å²) < 4.78 is 6.04. The highest BCUT2D eigenvalue weighted by atomic mass is 16.5. The van der Waals surface area contributed by atoms with E-state index < -0.39 is 0 Å². The fourth-order valence-electron chi connectivity index (χ4n) is 2.19. The first-order chi connectivity index (χ1) is 7.40. The second-order valence-electron chi connectivity index (χ2n) is 4.24. The molecule has 0 spiro atoms. The van der Waals surface area contributed by atoms with E-state index in [1.54, 1.807) is 0 Å². The van der Waals surface area contributed by atoms with Crippen LogP contribution in [-0.2, 0) is 6.42 Å². The van der Waals surface area contributed by atoms with E-state index in [-0.39, 0.29) is 0 Å². The van der Waals surface area contributed by atoms with Crippen LogP contribution in [0.25, 0.3) is 0 Å². The SMILES string of the molecule is [CH2]Cc1ccccc1OC1CCCCC1. The third-order valence-electron chi connectivity index (χ3n) is 3.09. The van der Waals surface area contributed by atoms with Gasteiger partial charge in [-0.05, 0) is 50.7 Å². The van der Waals surface area contributed by atoms with Crippen LogP contribution in [0.5, 0.6) is 5.75 Å². The Morgan fingerprint density at radius 1 is 1.13 bits per heavy atom. The van der Waals surface area contributed by atoms with Gasteiger partial charge < -0.3 is 4.74 Å². The second kappa shape index (κ2) is 5.20. The van der Waals surface area contributed by atoms with E-state index in [0.29, 0.717) is 6.10 Å². The van der Waals surface area contributed by atoms with Gasteiger partial charge in [-0.2, -0.15) is 0 Å². The Kier molecular flexibility index (Phi) is 3.65. The molecule has 0 bridgehead atoms. The zero-order chi connectivity index (χ0) is 10.5. The number of hydrogen-bond acceptors (Lipinski definition) is 1. The third-order valence-corrected chi connectivity index (χ3v) is 3.09. The van der Waals surface area contributed by atoms with Gasteiger partial charge in [0.05, 0.1) is 6.10 Å². The minimum Gasteiger partial charge on any atom is -0.490 e. The summed E-state index contributed by atoms with van der Waals surface area (Å²) >= 11 is 0. The molecule has 0 aliphatic heterocycles. The first kappa shape index (κ1) is 10.5. The molecule has 1 aromatic carbocycles. The van der Waals surface area contributed by atoms with Crippen LogP contribution in [0, 0.1) is 6.92 Å². The molecular formula is C14H19O. The third kappa shape index (κ3) is 2.74. The van der Waals surface area contributed by atoms with Crippen molar-refractivity contribution in [3.63, 3.8) is 0 Å². The molecular weight excluding hydrogens is 184 g/mol. The van der Waals surface area contributed by atoms with E-state index in [1.165, 1.54) is 37.7 Å². The van der Waals surface area contributed by atoms with Crippen molar-refractivity contribution >= 4 is 0 Å². The lowest BCUT2D eigenvalue weighted by molar-refractivity contribution is 0.154. The predicted octanol–water partition coefficient (Wildman–Crippen LogP) is 3.77. The fourth-order valence-corrected chi connectivity index (χ4v) is 2.19. The van der Waals surface area contributed by atoms with Gasteiger partial charge in [-0.15, -0.1) is 0 Å². The van der Waals surface area contributed by atoms with Gasteiger partial charge in [-0.25, -0.2) is 0 Å². The molecule has 1 heteroatoms. The van der Waals surface area contributed by atoms with E-state index in [0.717, 1.165) is 12.2 Å². The minimum atomic E-state index is 0.437. The standard InChI is InChI=1S/C14H19O/c1-2-12-8-6-7-11-14(12)15-13-9-4-3-5-10-13/h6-8,11,13H,1-5,9-10H2. The molecule has 0 amide bonds. The van der Waals surface area contributed by atoms with E-state index in [4.69, 9.17) is 4.74 Å². The number of rotatable bonds is 3. The fraction of sp³-hybridized carbons (Fsp3) is 0.500. The van der Waals surface area contributed by atoms with Crippen molar-refractivity contribution < 1.29 is 4.74 Å². The van der Waals surface area contributed by atoms with Crippen LogP contribution in [-0.4, -0.2) is 6.10 Å². The molecule has 1 saturated carbocycles. The molecule has 0 saturated heterocycles. The van der Waals surface area contributed by atoms with Crippen molar-refractivity contribution in [2.24, 2.45) is 0 Å². The smallest absolute Gasteiger partial charge is 0.122 e. The lowest BCUT2D eigenvalue weighted by atomic mass is 9.97. The number of hydrogen-bond donors (Lipinski definition) is 0. The molecule has 1 nitrogen and oxygen atoms in total. The minimum absolute atomic E-state index is 0.437.